The second-order valence-corrected chi connectivity index (χ2v) is 11.8. The van der Waals surface area contributed by atoms with E-state index in [1.165, 1.54) is 37.2 Å². The van der Waals surface area contributed by atoms with Crippen molar-refractivity contribution in [3.05, 3.63) is 39.4 Å². The van der Waals surface area contributed by atoms with Crippen LogP contribution in [0.25, 0.3) is 0 Å². The summed E-state index contributed by atoms with van der Waals surface area (Å²) in [4.78, 5) is 34.2. The minimum absolute atomic E-state index is 0.0736. The number of imidazole rings is 1. The van der Waals surface area contributed by atoms with Gasteiger partial charge >= 0.3 is 0 Å². The quantitative estimate of drug-likeness (QED) is 0.631. The Labute approximate surface area is 209 Å². The first kappa shape index (κ1) is 23.3. The van der Waals surface area contributed by atoms with Crippen molar-refractivity contribution >= 4 is 23.0 Å². The van der Waals surface area contributed by atoms with E-state index in [4.69, 9.17) is 4.98 Å². The number of nitrogens with one attached hydrogen (secondary N) is 1. The molecule has 7 nitrogen and oxygen atoms in total. The Balaban J connectivity index is 1.13. The summed E-state index contributed by atoms with van der Waals surface area (Å²) in [5, 5.41) is 2.82. The maximum atomic E-state index is 13.6. The van der Waals surface area contributed by atoms with Gasteiger partial charge in [0.2, 0.25) is 5.91 Å². The smallest absolute Gasteiger partial charge is 0.217 e. The molecule has 2 bridgehead atoms. The molecule has 2 aromatic heterocycles. The first-order valence-corrected chi connectivity index (χ1v) is 13.8. The molecule has 4 atom stereocenters. The van der Waals surface area contributed by atoms with Gasteiger partial charge < -0.3 is 9.88 Å². The molecule has 4 aliphatic rings. The van der Waals surface area contributed by atoms with Crippen LogP contribution in [0.5, 0.6) is 0 Å². The SMILES string of the molecule is CC(=O)N[C@@H](CCN1C2CCC1CC(n1c(C)nc3c1CCN(C1CC1=O)C3)C2)c1ccc(F)s1. The second kappa shape index (κ2) is 9.09. The van der Waals surface area contributed by atoms with Gasteiger partial charge in [0.1, 0.15) is 5.82 Å². The first-order valence-electron chi connectivity index (χ1n) is 13.0. The van der Waals surface area contributed by atoms with Crippen LogP contribution in [0.4, 0.5) is 4.39 Å². The number of nitrogens with zero attached hydrogens (tertiary/aromatic N) is 4. The molecule has 0 radical (unpaired) electrons. The van der Waals surface area contributed by atoms with Crippen molar-refractivity contribution in [1.29, 1.82) is 0 Å². The van der Waals surface area contributed by atoms with Crippen LogP contribution in [0, 0.1) is 12.1 Å². The molecule has 1 aliphatic carbocycles. The Hall–Kier alpha value is -2.10. The minimum Gasteiger partial charge on any atom is -0.349 e. The van der Waals surface area contributed by atoms with Crippen LogP contribution in [-0.2, 0) is 22.6 Å². The molecule has 2 aromatic rings. The number of Topliss-reactive ketones (excluding diaryl/α,β-unsaturated/α-hetero) is 1. The molecule has 35 heavy (non-hydrogen) atoms. The van der Waals surface area contributed by atoms with Gasteiger partial charge in [0.25, 0.3) is 0 Å². The maximum Gasteiger partial charge on any atom is 0.217 e. The van der Waals surface area contributed by atoms with Crippen molar-refractivity contribution in [3.63, 3.8) is 0 Å². The van der Waals surface area contributed by atoms with Crippen molar-refractivity contribution in [2.24, 2.45) is 0 Å². The lowest BCUT2D eigenvalue weighted by molar-refractivity contribution is -0.119. The number of ketones is 1. The third-order valence-electron chi connectivity index (χ3n) is 8.52. The predicted molar refractivity (Wildman–Crippen MR) is 132 cm³/mol. The molecule has 9 heteroatoms. The van der Waals surface area contributed by atoms with Gasteiger partial charge in [-0.1, -0.05) is 0 Å². The average molecular weight is 500 g/mol. The van der Waals surface area contributed by atoms with Crippen molar-refractivity contribution in [2.75, 3.05) is 13.1 Å². The predicted octanol–water partition coefficient (Wildman–Crippen LogP) is 3.53. The summed E-state index contributed by atoms with van der Waals surface area (Å²) in [5.74, 6) is 1.41. The Kier molecular flexibility index (Phi) is 6.05. The molecule has 1 N–H and O–H groups in total. The van der Waals surface area contributed by atoms with E-state index in [1.807, 2.05) is 0 Å². The zero-order valence-electron chi connectivity index (χ0n) is 20.5. The van der Waals surface area contributed by atoms with Gasteiger partial charge in [-0.15, -0.1) is 11.3 Å². The Morgan fingerprint density at radius 1 is 1.26 bits per heavy atom. The molecule has 1 amide bonds. The van der Waals surface area contributed by atoms with Crippen molar-refractivity contribution in [1.82, 2.24) is 24.7 Å². The van der Waals surface area contributed by atoms with Gasteiger partial charge in [0, 0.05) is 68.1 Å². The number of amides is 1. The lowest BCUT2D eigenvalue weighted by atomic mass is 9.95. The van der Waals surface area contributed by atoms with Crippen molar-refractivity contribution in [3.8, 4) is 0 Å². The normalized spacial score (nSPS) is 29.3. The Morgan fingerprint density at radius 2 is 2.00 bits per heavy atom. The number of halogens is 1. The summed E-state index contributed by atoms with van der Waals surface area (Å²) in [6, 6.07) is 4.85. The number of hydrogen-bond donors (Lipinski definition) is 1. The summed E-state index contributed by atoms with van der Waals surface area (Å²) >= 11 is 1.13. The molecule has 3 fully saturated rings. The number of fused-ring (bicyclic) bond motifs is 3. The topological polar surface area (TPSA) is 70.5 Å². The van der Waals surface area contributed by atoms with Crippen LogP contribution in [-0.4, -0.2) is 62.3 Å². The van der Waals surface area contributed by atoms with Gasteiger partial charge in [-0.2, -0.15) is 4.39 Å². The molecule has 5 heterocycles. The van der Waals surface area contributed by atoms with E-state index in [9.17, 15) is 14.0 Å². The fraction of sp³-hybridized carbons (Fsp3) is 0.654. The highest BCUT2D eigenvalue weighted by atomic mass is 32.1. The summed E-state index contributed by atoms with van der Waals surface area (Å²) in [7, 11) is 0. The average Bonchev–Trinajstić information content (AvgIpc) is 3.11. The molecule has 6 rings (SSSR count). The van der Waals surface area contributed by atoms with Crippen LogP contribution < -0.4 is 5.32 Å². The number of thiophene rings is 1. The van der Waals surface area contributed by atoms with E-state index < -0.39 is 0 Å². The highest BCUT2D eigenvalue weighted by Gasteiger charge is 2.44. The number of rotatable bonds is 7. The van der Waals surface area contributed by atoms with Gasteiger partial charge in [-0.3, -0.25) is 19.4 Å². The molecule has 2 saturated heterocycles. The van der Waals surface area contributed by atoms with E-state index in [-0.39, 0.29) is 23.1 Å². The Morgan fingerprint density at radius 3 is 2.63 bits per heavy atom. The van der Waals surface area contributed by atoms with Crippen LogP contribution in [0.3, 0.4) is 0 Å². The standard InChI is InChI=1S/C26H34FN5O2S/c1-15-28-21-14-30(23-13-24(23)34)9-8-22(21)32(15)19-11-17-3-4-18(12-19)31(17)10-7-20(29-16(2)33)25-5-6-26(27)35-25/h5-6,17-20,23H,3-4,7-14H2,1-2H3,(H,29,33)/t17?,18?,19?,20-,23?/m0/s1. The first-order chi connectivity index (χ1) is 16.9. The van der Waals surface area contributed by atoms with E-state index in [0.717, 1.165) is 67.4 Å². The van der Waals surface area contributed by atoms with Gasteiger partial charge in [0.15, 0.2) is 10.9 Å². The van der Waals surface area contributed by atoms with Crippen LogP contribution >= 0.6 is 11.3 Å². The minimum atomic E-state index is -0.206. The van der Waals surface area contributed by atoms with Gasteiger partial charge in [-0.05, 0) is 51.2 Å². The summed E-state index contributed by atoms with van der Waals surface area (Å²) in [6.07, 6.45) is 7.17. The number of aryl methyl sites for hydroxylation is 1. The highest BCUT2D eigenvalue weighted by molar-refractivity contribution is 7.10. The third kappa shape index (κ3) is 4.47. The molecular formula is C26H34FN5O2S. The summed E-state index contributed by atoms with van der Waals surface area (Å²) in [6.45, 7) is 6.34. The van der Waals surface area contributed by atoms with Crippen LogP contribution in [0.1, 0.15) is 79.6 Å². The molecule has 3 unspecified atom stereocenters. The Bertz CT molecular complexity index is 1130. The second-order valence-electron chi connectivity index (χ2n) is 10.8. The van der Waals surface area contributed by atoms with Crippen molar-refractivity contribution < 1.29 is 14.0 Å². The zero-order chi connectivity index (χ0) is 24.3. The number of carbonyl (C=O) groups excluding carboxylic acids is 2. The lowest BCUT2D eigenvalue weighted by Gasteiger charge is -2.41. The fourth-order valence-electron chi connectivity index (χ4n) is 6.92. The monoisotopic (exact) mass is 499 g/mol. The van der Waals surface area contributed by atoms with E-state index in [1.54, 1.807) is 6.07 Å². The molecule has 0 aromatic carbocycles. The largest absolute Gasteiger partial charge is 0.349 e. The fourth-order valence-corrected chi connectivity index (χ4v) is 7.74. The number of hydrogen-bond acceptors (Lipinski definition) is 6. The molecule has 1 saturated carbocycles. The molecule has 3 aliphatic heterocycles. The molecule has 188 valence electrons. The van der Waals surface area contributed by atoms with Gasteiger partial charge in [-0.25, -0.2) is 4.98 Å². The third-order valence-corrected chi connectivity index (χ3v) is 9.51. The molecular weight excluding hydrogens is 465 g/mol. The summed E-state index contributed by atoms with van der Waals surface area (Å²) in [5.41, 5.74) is 2.56. The van der Waals surface area contributed by atoms with Crippen LogP contribution in [0.2, 0.25) is 0 Å². The van der Waals surface area contributed by atoms with Crippen LogP contribution in [0.15, 0.2) is 12.1 Å². The zero-order valence-corrected chi connectivity index (χ0v) is 21.3. The lowest BCUT2D eigenvalue weighted by Crippen LogP contribution is -2.45. The number of piperidine rings is 1. The van der Waals surface area contributed by atoms with Gasteiger partial charge in [0.05, 0.1) is 17.8 Å². The van der Waals surface area contributed by atoms with E-state index in [0.29, 0.717) is 30.3 Å². The number of aromatic nitrogens is 2. The number of carbonyl (C=O) groups is 2. The highest BCUT2D eigenvalue weighted by Crippen LogP contribution is 2.43. The summed E-state index contributed by atoms with van der Waals surface area (Å²) < 4.78 is 16.2. The molecule has 0 spiro atoms. The van der Waals surface area contributed by atoms with Crippen molar-refractivity contribution in [2.45, 2.75) is 95.5 Å². The van der Waals surface area contributed by atoms with E-state index in [2.05, 4.69) is 26.6 Å². The maximum absolute atomic E-state index is 13.6. The van der Waals surface area contributed by atoms with E-state index >= 15 is 0 Å².